The third-order valence-electron chi connectivity index (χ3n) is 3.64. The average Bonchev–Trinajstić information content (AvgIpc) is 2.46. The summed E-state index contributed by atoms with van der Waals surface area (Å²) >= 11 is 3.37. The zero-order chi connectivity index (χ0) is 15.5. The van der Waals surface area contributed by atoms with Crippen LogP contribution in [0, 0.1) is 0 Å². The molecule has 0 radical (unpaired) electrons. The number of carbonyl (C=O) groups excluding carboxylic acids is 1. The third kappa shape index (κ3) is 4.52. The zero-order valence-electron chi connectivity index (χ0n) is 11.8. The summed E-state index contributed by atoms with van der Waals surface area (Å²) in [6.07, 6.45) is 0.514. The van der Waals surface area contributed by atoms with Crippen LogP contribution >= 0.6 is 15.9 Å². The lowest BCUT2D eigenvalue weighted by Crippen LogP contribution is -2.50. The van der Waals surface area contributed by atoms with Crippen molar-refractivity contribution in [1.29, 1.82) is 0 Å². The number of nitrogens with zero attached hydrogens (tertiary/aromatic N) is 1. The summed E-state index contributed by atoms with van der Waals surface area (Å²) in [6, 6.07) is 7.29. The Kier molecular flexibility index (Phi) is 5.40. The molecule has 1 aromatic rings. The van der Waals surface area contributed by atoms with Gasteiger partial charge in [0.1, 0.15) is 6.04 Å². The van der Waals surface area contributed by atoms with Crippen LogP contribution < -0.4 is 0 Å². The van der Waals surface area contributed by atoms with Gasteiger partial charge >= 0.3 is 5.97 Å². The Bertz CT molecular complexity index is 586. The van der Waals surface area contributed by atoms with E-state index in [-0.39, 0.29) is 17.5 Å². The molecule has 1 fully saturated rings. The van der Waals surface area contributed by atoms with Gasteiger partial charge in [0.2, 0.25) is 0 Å². The molecule has 1 aliphatic heterocycles. The summed E-state index contributed by atoms with van der Waals surface area (Å²) in [5.41, 5.74) is 1.02. The van der Waals surface area contributed by atoms with Crippen molar-refractivity contribution in [3.05, 3.63) is 34.3 Å². The van der Waals surface area contributed by atoms with Gasteiger partial charge in [-0.15, -0.1) is 0 Å². The Labute approximate surface area is 133 Å². The lowest BCUT2D eigenvalue weighted by Gasteiger charge is -2.32. The molecule has 0 N–H and O–H groups in total. The van der Waals surface area contributed by atoms with Crippen LogP contribution in [0.5, 0.6) is 0 Å². The fourth-order valence-corrected chi connectivity index (χ4v) is 3.87. The highest BCUT2D eigenvalue weighted by molar-refractivity contribution is 9.10. The molecule has 21 heavy (non-hydrogen) atoms. The normalized spacial score (nSPS) is 19.9. The highest BCUT2D eigenvalue weighted by Gasteiger charge is 2.32. The molecule has 0 saturated carbocycles. The van der Waals surface area contributed by atoms with Crippen LogP contribution in [-0.2, 0) is 25.8 Å². The van der Waals surface area contributed by atoms with Crippen LogP contribution in [0.1, 0.15) is 5.56 Å². The number of ether oxygens (including phenoxy) is 1. The van der Waals surface area contributed by atoms with E-state index < -0.39 is 15.9 Å². The van der Waals surface area contributed by atoms with Gasteiger partial charge in [-0.2, -0.15) is 0 Å². The summed E-state index contributed by atoms with van der Waals surface area (Å²) in [4.78, 5) is 13.9. The van der Waals surface area contributed by atoms with Crippen molar-refractivity contribution in [2.45, 2.75) is 12.5 Å². The number of sulfone groups is 1. The molecule has 0 amide bonds. The topological polar surface area (TPSA) is 63.7 Å². The highest BCUT2D eigenvalue weighted by Crippen LogP contribution is 2.16. The molecular weight excluding hydrogens is 358 g/mol. The molecule has 1 atom stereocenters. The van der Waals surface area contributed by atoms with Crippen LogP contribution in [0.3, 0.4) is 0 Å². The first-order valence-electron chi connectivity index (χ1n) is 6.68. The smallest absolute Gasteiger partial charge is 0.323 e. The summed E-state index contributed by atoms with van der Waals surface area (Å²) in [6.45, 7) is 0.747. The first kappa shape index (κ1) is 16.5. The standard InChI is InChI=1S/C14H18BrNO4S/c1-20-14(17)13(10-11-2-4-12(15)5-3-11)16-6-8-21(18,19)9-7-16/h2-5,13H,6-10H2,1H3/t13-/m0/s1. The van der Waals surface area contributed by atoms with E-state index in [0.717, 1.165) is 10.0 Å². The first-order valence-corrected chi connectivity index (χ1v) is 9.29. The number of carbonyl (C=O) groups is 1. The molecule has 1 heterocycles. The highest BCUT2D eigenvalue weighted by atomic mass is 79.9. The van der Waals surface area contributed by atoms with E-state index in [1.165, 1.54) is 7.11 Å². The minimum Gasteiger partial charge on any atom is -0.468 e. The first-order chi connectivity index (χ1) is 9.91. The third-order valence-corrected chi connectivity index (χ3v) is 5.77. The fourth-order valence-electron chi connectivity index (χ4n) is 2.38. The summed E-state index contributed by atoms with van der Waals surface area (Å²) < 4.78 is 28.9. The van der Waals surface area contributed by atoms with Crippen molar-refractivity contribution >= 4 is 31.7 Å². The Morgan fingerprint density at radius 1 is 1.29 bits per heavy atom. The molecule has 2 rings (SSSR count). The molecular formula is C14H18BrNO4S. The lowest BCUT2D eigenvalue weighted by molar-refractivity contribution is -0.146. The van der Waals surface area contributed by atoms with Crippen LogP contribution in [-0.4, -0.2) is 57.0 Å². The minimum absolute atomic E-state index is 0.0980. The average molecular weight is 376 g/mol. The maximum absolute atomic E-state index is 12.0. The molecule has 0 unspecified atom stereocenters. The van der Waals surface area contributed by atoms with Crippen LogP contribution in [0.2, 0.25) is 0 Å². The van der Waals surface area contributed by atoms with Crippen LogP contribution in [0.25, 0.3) is 0 Å². The Morgan fingerprint density at radius 2 is 1.86 bits per heavy atom. The van der Waals surface area contributed by atoms with Crippen molar-refractivity contribution in [2.24, 2.45) is 0 Å². The molecule has 1 aromatic carbocycles. The van der Waals surface area contributed by atoms with E-state index in [4.69, 9.17) is 4.74 Å². The van der Waals surface area contributed by atoms with Gasteiger partial charge in [-0.05, 0) is 24.1 Å². The maximum Gasteiger partial charge on any atom is 0.323 e. The number of methoxy groups -OCH3 is 1. The van der Waals surface area contributed by atoms with Gasteiger partial charge in [0.05, 0.1) is 18.6 Å². The van der Waals surface area contributed by atoms with E-state index in [1.807, 2.05) is 29.2 Å². The van der Waals surface area contributed by atoms with E-state index in [9.17, 15) is 13.2 Å². The molecule has 0 aliphatic carbocycles. The number of benzene rings is 1. The molecule has 116 valence electrons. The van der Waals surface area contributed by atoms with Gasteiger partial charge in [0.25, 0.3) is 0 Å². The van der Waals surface area contributed by atoms with Gasteiger partial charge in [0.15, 0.2) is 9.84 Å². The molecule has 7 heteroatoms. The van der Waals surface area contributed by atoms with Crippen LogP contribution in [0.4, 0.5) is 0 Å². The second kappa shape index (κ2) is 6.89. The van der Waals surface area contributed by atoms with Gasteiger partial charge in [-0.25, -0.2) is 8.42 Å². The largest absolute Gasteiger partial charge is 0.468 e. The second-order valence-corrected chi connectivity index (χ2v) is 8.28. The Hall–Kier alpha value is -0.920. The molecule has 1 aliphatic rings. The summed E-state index contributed by atoms with van der Waals surface area (Å²) in [5, 5.41) is 0. The number of esters is 1. The Balaban J connectivity index is 2.11. The maximum atomic E-state index is 12.0. The molecule has 0 aromatic heterocycles. The van der Waals surface area contributed by atoms with Crippen molar-refractivity contribution in [2.75, 3.05) is 31.7 Å². The zero-order valence-corrected chi connectivity index (χ0v) is 14.2. The van der Waals surface area contributed by atoms with Gasteiger partial charge < -0.3 is 4.74 Å². The fraction of sp³-hybridized carbons (Fsp3) is 0.500. The summed E-state index contributed by atoms with van der Waals surface area (Å²) in [5.74, 6) is -0.126. The van der Waals surface area contributed by atoms with Gasteiger partial charge in [0, 0.05) is 17.6 Å². The SMILES string of the molecule is COC(=O)[C@H](Cc1ccc(Br)cc1)N1CCS(=O)(=O)CC1. The number of hydrogen-bond donors (Lipinski definition) is 0. The van der Waals surface area contributed by atoms with E-state index >= 15 is 0 Å². The van der Waals surface area contributed by atoms with Crippen molar-refractivity contribution in [3.8, 4) is 0 Å². The van der Waals surface area contributed by atoms with E-state index in [2.05, 4.69) is 15.9 Å². The number of hydrogen-bond acceptors (Lipinski definition) is 5. The number of rotatable bonds is 4. The van der Waals surface area contributed by atoms with E-state index in [1.54, 1.807) is 0 Å². The molecule has 0 bridgehead atoms. The second-order valence-electron chi connectivity index (χ2n) is 5.06. The minimum atomic E-state index is -2.96. The predicted octanol–water partition coefficient (Wildman–Crippen LogP) is 1.26. The van der Waals surface area contributed by atoms with E-state index in [0.29, 0.717) is 19.5 Å². The molecule has 5 nitrogen and oxygen atoms in total. The Morgan fingerprint density at radius 3 is 2.38 bits per heavy atom. The van der Waals surface area contributed by atoms with Crippen molar-refractivity contribution in [1.82, 2.24) is 4.90 Å². The summed E-state index contributed by atoms with van der Waals surface area (Å²) in [7, 11) is -1.60. The molecule has 1 saturated heterocycles. The monoisotopic (exact) mass is 375 g/mol. The quantitative estimate of drug-likeness (QED) is 0.741. The number of halogens is 1. The lowest BCUT2D eigenvalue weighted by atomic mass is 10.0. The van der Waals surface area contributed by atoms with Crippen molar-refractivity contribution < 1.29 is 17.9 Å². The van der Waals surface area contributed by atoms with Crippen LogP contribution in [0.15, 0.2) is 28.7 Å². The van der Waals surface area contributed by atoms with Crippen molar-refractivity contribution in [3.63, 3.8) is 0 Å². The molecule has 0 spiro atoms. The van der Waals surface area contributed by atoms with Gasteiger partial charge in [-0.1, -0.05) is 28.1 Å². The predicted molar refractivity (Wildman–Crippen MR) is 83.9 cm³/mol. The van der Waals surface area contributed by atoms with Gasteiger partial charge in [-0.3, -0.25) is 9.69 Å².